The number of hydrogen-bond donors (Lipinski definition) is 1. The second-order valence-electron chi connectivity index (χ2n) is 6.47. The van der Waals surface area contributed by atoms with E-state index in [1.54, 1.807) is 42.5 Å². The molecule has 0 radical (unpaired) electrons. The third-order valence-corrected chi connectivity index (χ3v) is 4.44. The fraction of sp³-hybridized carbons (Fsp3) is 0.150. The highest BCUT2D eigenvalue weighted by molar-refractivity contribution is 5.90. The standard InChI is InChI=1S/C20H17FN6O3/c1-30-15-7-4-6-14(9-15)23-17(28)11-26-12-22-19-18(20(26)29)24-25-27(19)10-13-5-2-3-8-16(13)21/h2-9,12H,10-11H2,1H3,(H,23,28). The van der Waals surface area contributed by atoms with Gasteiger partial charge in [-0.05, 0) is 18.2 Å². The Morgan fingerprint density at radius 2 is 2.03 bits per heavy atom. The molecule has 0 atom stereocenters. The Morgan fingerprint density at radius 1 is 1.20 bits per heavy atom. The van der Waals surface area contributed by atoms with Crippen molar-refractivity contribution in [1.29, 1.82) is 0 Å². The SMILES string of the molecule is COc1cccc(NC(=O)Cn2cnc3c(nnn3Cc3ccccc3F)c2=O)c1. The van der Waals surface area contributed by atoms with Crippen molar-refractivity contribution >= 4 is 22.8 Å². The van der Waals surface area contributed by atoms with Gasteiger partial charge in [0.25, 0.3) is 5.56 Å². The molecule has 1 N–H and O–H groups in total. The van der Waals surface area contributed by atoms with E-state index < -0.39 is 11.5 Å². The molecule has 2 aromatic carbocycles. The highest BCUT2D eigenvalue weighted by atomic mass is 19.1. The summed E-state index contributed by atoms with van der Waals surface area (Å²) in [4.78, 5) is 29.2. The summed E-state index contributed by atoms with van der Waals surface area (Å²) < 4.78 is 21.5. The second-order valence-corrected chi connectivity index (χ2v) is 6.47. The number of carbonyl (C=O) groups is 1. The molecule has 30 heavy (non-hydrogen) atoms. The summed E-state index contributed by atoms with van der Waals surface area (Å²) >= 11 is 0. The number of anilines is 1. The van der Waals surface area contributed by atoms with Crippen molar-refractivity contribution in [3.05, 3.63) is 76.6 Å². The monoisotopic (exact) mass is 408 g/mol. The van der Waals surface area contributed by atoms with E-state index in [1.165, 1.54) is 24.2 Å². The van der Waals surface area contributed by atoms with Crippen LogP contribution in [0.25, 0.3) is 11.2 Å². The van der Waals surface area contributed by atoms with Crippen molar-refractivity contribution in [2.45, 2.75) is 13.1 Å². The van der Waals surface area contributed by atoms with Crippen LogP contribution in [-0.4, -0.2) is 37.6 Å². The van der Waals surface area contributed by atoms with Crippen LogP contribution in [0.3, 0.4) is 0 Å². The van der Waals surface area contributed by atoms with Gasteiger partial charge in [0.2, 0.25) is 5.91 Å². The first kappa shape index (κ1) is 19.2. The van der Waals surface area contributed by atoms with Crippen molar-refractivity contribution in [1.82, 2.24) is 24.5 Å². The molecule has 0 spiro atoms. The third kappa shape index (κ3) is 3.88. The Balaban J connectivity index is 1.54. The van der Waals surface area contributed by atoms with Crippen LogP contribution < -0.4 is 15.6 Å². The number of nitrogens with one attached hydrogen (secondary N) is 1. The zero-order valence-corrected chi connectivity index (χ0v) is 15.9. The molecule has 10 heteroatoms. The van der Waals surface area contributed by atoms with Crippen molar-refractivity contribution in [3.8, 4) is 5.75 Å². The van der Waals surface area contributed by atoms with Gasteiger partial charge in [-0.3, -0.25) is 14.2 Å². The Labute approximate surface area is 169 Å². The molecule has 4 aromatic rings. The second kappa shape index (κ2) is 8.11. The fourth-order valence-electron chi connectivity index (χ4n) is 2.95. The predicted molar refractivity (Wildman–Crippen MR) is 107 cm³/mol. The maximum absolute atomic E-state index is 13.9. The fourth-order valence-corrected chi connectivity index (χ4v) is 2.95. The Hall–Kier alpha value is -4.08. The Bertz CT molecular complexity index is 1280. The van der Waals surface area contributed by atoms with Crippen LogP contribution in [0.4, 0.5) is 10.1 Å². The van der Waals surface area contributed by atoms with E-state index in [0.717, 1.165) is 4.57 Å². The molecular weight excluding hydrogens is 391 g/mol. The van der Waals surface area contributed by atoms with Crippen molar-refractivity contribution in [2.24, 2.45) is 0 Å². The Kier molecular flexibility index (Phi) is 5.21. The van der Waals surface area contributed by atoms with Gasteiger partial charge < -0.3 is 10.1 Å². The molecular formula is C20H17FN6O3. The molecule has 0 fully saturated rings. The molecule has 0 aliphatic rings. The van der Waals surface area contributed by atoms with Gasteiger partial charge in [-0.15, -0.1) is 5.10 Å². The van der Waals surface area contributed by atoms with Gasteiger partial charge in [0.05, 0.1) is 13.7 Å². The number of hydrogen-bond acceptors (Lipinski definition) is 6. The number of rotatable bonds is 6. The van der Waals surface area contributed by atoms with Crippen LogP contribution >= 0.6 is 0 Å². The lowest BCUT2D eigenvalue weighted by atomic mass is 10.2. The van der Waals surface area contributed by atoms with Crippen LogP contribution in [-0.2, 0) is 17.9 Å². The summed E-state index contributed by atoms with van der Waals surface area (Å²) in [6.07, 6.45) is 1.25. The number of methoxy groups -OCH3 is 1. The predicted octanol–water partition coefficient (Wildman–Crippen LogP) is 1.82. The van der Waals surface area contributed by atoms with E-state index in [0.29, 0.717) is 17.0 Å². The third-order valence-electron chi connectivity index (χ3n) is 4.44. The quantitative estimate of drug-likeness (QED) is 0.522. The molecule has 0 saturated carbocycles. The minimum Gasteiger partial charge on any atom is -0.497 e. The van der Waals surface area contributed by atoms with Gasteiger partial charge in [0.15, 0.2) is 11.2 Å². The largest absolute Gasteiger partial charge is 0.497 e. The number of halogens is 1. The van der Waals surface area contributed by atoms with Crippen LogP contribution in [0.1, 0.15) is 5.56 Å². The van der Waals surface area contributed by atoms with E-state index in [4.69, 9.17) is 4.74 Å². The first-order valence-electron chi connectivity index (χ1n) is 9.01. The first-order valence-corrected chi connectivity index (χ1v) is 9.01. The van der Waals surface area contributed by atoms with E-state index in [1.807, 2.05) is 0 Å². The van der Waals surface area contributed by atoms with E-state index in [9.17, 15) is 14.0 Å². The molecule has 1 amide bonds. The van der Waals surface area contributed by atoms with E-state index in [-0.39, 0.29) is 30.1 Å². The topological polar surface area (TPSA) is 104 Å². The van der Waals surface area contributed by atoms with Crippen molar-refractivity contribution in [2.75, 3.05) is 12.4 Å². The highest BCUT2D eigenvalue weighted by Crippen LogP contribution is 2.16. The smallest absolute Gasteiger partial charge is 0.283 e. The molecule has 0 unspecified atom stereocenters. The molecule has 152 valence electrons. The lowest BCUT2D eigenvalue weighted by Gasteiger charge is -2.08. The zero-order valence-electron chi connectivity index (χ0n) is 15.9. The number of carbonyl (C=O) groups excluding carboxylic acids is 1. The maximum Gasteiger partial charge on any atom is 0.283 e. The number of benzene rings is 2. The summed E-state index contributed by atoms with van der Waals surface area (Å²) in [5.74, 6) is -0.200. The number of ether oxygens (including phenoxy) is 1. The molecule has 4 rings (SSSR count). The van der Waals surface area contributed by atoms with E-state index >= 15 is 0 Å². The van der Waals surface area contributed by atoms with Gasteiger partial charge >= 0.3 is 0 Å². The molecule has 0 aliphatic carbocycles. The molecule has 9 nitrogen and oxygen atoms in total. The van der Waals surface area contributed by atoms with Crippen molar-refractivity contribution in [3.63, 3.8) is 0 Å². The van der Waals surface area contributed by atoms with Crippen LogP contribution in [0.5, 0.6) is 5.75 Å². The van der Waals surface area contributed by atoms with Gasteiger partial charge in [-0.2, -0.15) is 0 Å². The first-order chi connectivity index (χ1) is 14.5. The highest BCUT2D eigenvalue weighted by Gasteiger charge is 2.15. The average Bonchev–Trinajstić information content (AvgIpc) is 3.15. The number of fused-ring (bicyclic) bond motifs is 1. The van der Waals surface area contributed by atoms with Gasteiger partial charge in [0.1, 0.15) is 24.4 Å². The van der Waals surface area contributed by atoms with Crippen LogP contribution in [0.15, 0.2) is 59.7 Å². The van der Waals surface area contributed by atoms with E-state index in [2.05, 4.69) is 20.6 Å². The number of amides is 1. The van der Waals surface area contributed by atoms with Crippen molar-refractivity contribution < 1.29 is 13.9 Å². The summed E-state index contributed by atoms with van der Waals surface area (Å²) in [6.45, 7) is -0.172. The summed E-state index contributed by atoms with van der Waals surface area (Å²) in [5, 5.41) is 10.5. The van der Waals surface area contributed by atoms with Gasteiger partial charge in [0, 0.05) is 17.3 Å². The summed E-state index contributed by atoms with van der Waals surface area (Å²) in [7, 11) is 1.53. The molecule has 0 bridgehead atoms. The van der Waals surface area contributed by atoms with Crippen LogP contribution in [0.2, 0.25) is 0 Å². The zero-order chi connectivity index (χ0) is 21.1. The normalized spacial score (nSPS) is 10.9. The maximum atomic E-state index is 13.9. The number of nitrogens with zero attached hydrogens (tertiary/aromatic N) is 5. The average molecular weight is 408 g/mol. The lowest BCUT2D eigenvalue weighted by Crippen LogP contribution is -2.28. The molecule has 0 aliphatic heterocycles. The molecule has 2 aromatic heterocycles. The lowest BCUT2D eigenvalue weighted by molar-refractivity contribution is -0.116. The van der Waals surface area contributed by atoms with Gasteiger partial charge in [-0.1, -0.05) is 29.5 Å². The summed E-state index contributed by atoms with van der Waals surface area (Å²) in [6, 6.07) is 13.1. The number of aromatic nitrogens is 5. The minimum absolute atomic E-state index is 0.00280. The van der Waals surface area contributed by atoms with Gasteiger partial charge in [-0.25, -0.2) is 14.1 Å². The molecule has 2 heterocycles. The van der Waals surface area contributed by atoms with Crippen LogP contribution in [0, 0.1) is 5.82 Å². The summed E-state index contributed by atoms with van der Waals surface area (Å²) in [5.41, 5.74) is 0.640. The Morgan fingerprint density at radius 3 is 2.83 bits per heavy atom. The molecule has 0 saturated heterocycles. The minimum atomic E-state index is -0.513.